The normalized spacial score (nSPS) is 18.8. The van der Waals surface area contributed by atoms with Gasteiger partial charge in [0.15, 0.2) is 0 Å². The van der Waals surface area contributed by atoms with Gasteiger partial charge >= 0.3 is 11.9 Å². The third-order valence-electron chi connectivity index (χ3n) is 5.32. The summed E-state index contributed by atoms with van der Waals surface area (Å²) in [6.07, 6.45) is 2.35. The van der Waals surface area contributed by atoms with E-state index < -0.39 is 23.8 Å². The number of hydrogen-bond acceptors (Lipinski definition) is 5. The van der Waals surface area contributed by atoms with E-state index in [2.05, 4.69) is 5.32 Å². The average molecular weight is 430 g/mol. The van der Waals surface area contributed by atoms with Crippen LogP contribution in [0, 0.1) is 18.8 Å². The summed E-state index contributed by atoms with van der Waals surface area (Å²) in [7, 11) is 0. The predicted molar refractivity (Wildman–Crippen MR) is 117 cm³/mol. The molecule has 1 amide bonds. The highest BCUT2D eigenvalue weighted by atomic mass is 32.1. The summed E-state index contributed by atoms with van der Waals surface area (Å²) in [5.41, 5.74) is 2.93. The van der Waals surface area contributed by atoms with E-state index >= 15 is 0 Å². The molecule has 30 heavy (non-hydrogen) atoms. The van der Waals surface area contributed by atoms with Crippen LogP contribution < -0.4 is 5.32 Å². The molecule has 1 fully saturated rings. The zero-order chi connectivity index (χ0) is 21.8. The maximum atomic E-state index is 13.0. The van der Waals surface area contributed by atoms with Crippen molar-refractivity contribution < 1.29 is 24.2 Å². The number of carboxylic acid groups (broad SMARTS) is 1. The van der Waals surface area contributed by atoms with Crippen LogP contribution in [0.25, 0.3) is 11.1 Å². The Morgan fingerprint density at radius 1 is 1.17 bits per heavy atom. The molecule has 0 spiro atoms. The van der Waals surface area contributed by atoms with Crippen molar-refractivity contribution in [1.82, 2.24) is 0 Å². The molecule has 1 saturated carbocycles. The molecule has 2 N–H and O–H groups in total. The minimum absolute atomic E-state index is 0.305. The number of amides is 1. The van der Waals surface area contributed by atoms with E-state index in [0.717, 1.165) is 24.0 Å². The van der Waals surface area contributed by atoms with Crippen molar-refractivity contribution in [2.75, 3.05) is 5.32 Å². The lowest BCUT2D eigenvalue weighted by molar-refractivity contribution is -0.147. The van der Waals surface area contributed by atoms with Crippen molar-refractivity contribution in [2.45, 2.75) is 52.6 Å². The molecular formula is C23H27NO5S. The lowest BCUT2D eigenvalue weighted by Crippen LogP contribution is -2.36. The first-order valence-corrected chi connectivity index (χ1v) is 11.1. The van der Waals surface area contributed by atoms with E-state index in [4.69, 9.17) is 4.74 Å². The molecule has 6 nitrogen and oxygen atoms in total. The fourth-order valence-electron chi connectivity index (χ4n) is 3.90. The molecule has 0 aliphatic heterocycles. The van der Waals surface area contributed by atoms with E-state index in [1.807, 2.05) is 36.6 Å². The molecule has 2 atom stereocenters. The maximum Gasteiger partial charge on any atom is 0.342 e. The van der Waals surface area contributed by atoms with Crippen LogP contribution in [0.2, 0.25) is 0 Å². The number of carbonyl (C=O) groups is 3. The third kappa shape index (κ3) is 4.90. The van der Waals surface area contributed by atoms with Crippen LogP contribution in [-0.4, -0.2) is 29.1 Å². The summed E-state index contributed by atoms with van der Waals surface area (Å²) in [4.78, 5) is 37.4. The van der Waals surface area contributed by atoms with Crippen LogP contribution in [0.15, 0.2) is 29.6 Å². The molecule has 3 rings (SSSR count). The van der Waals surface area contributed by atoms with Gasteiger partial charge in [0.05, 0.1) is 17.9 Å². The SMILES string of the molecule is Cc1cccc(-c2csc(NC(=O)[C@H]3CCCC[C@@H]3C(=O)O)c2C(=O)OC(C)C)c1. The summed E-state index contributed by atoms with van der Waals surface area (Å²) in [5.74, 6) is -3.09. The molecule has 2 aromatic rings. The highest BCUT2D eigenvalue weighted by Gasteiger charge is 2.36. The fraction of sp³-hybridized carbons (Fsp3) is 0.435. The van der Waals surface area contributed by atoms with Gasteiger partial charge in [-0.05, 0) is 39.2 Å². The quantitative estimate of drug-likeness (QED) is 0.622. The zero-order valence-corrected chi connectivity index (χ0v) is 18.3. The van der Waals surface area contributed by atoms with Crippen molar-refractivity contribution in [3.63, 3.8) is 0 Å². The number of rotatable bonds is 6. The van der Waals surface area contributed by atoms with E-state index in [9.17, 15) is 19.5 Å². The van der Waals surface area contributed by atoms with E-state index in [0.29, 0.717) is 29.0 Å². The first-order valence-electron chi connectivity index (χ1n) is 10.2. The van der Waals surface area contributed by atoms with Gasteiger partial charge in [-0.2, -0.15) is 0 Å². The molecule has 0 bridgehead atoms. The number of hydrogen-bond donors (Lipinski definition) is 2. The van der Waals surface area contributed by atoms with Gasteiger partial charge < -0.3 is 15.2 Å². The highest BCUT2D eigenvalue weighted by Crippen LogP contribution is 2.38. The van der Waals surface area contributed by atoms with Crippen LogP contribution in [0.5, 0.6) is 0 Å². The second-order valence-electron chi connectivity index (χ2n) is 8.00. The van der Waals surface area contributed by atoms with Gasteiger partial charge in [0, 0.05) is 10.9 Å². The molecule has 0 radical (unpaired) electrons. The monoisotopic (exact) mass is 429 g/mol. The smallest absolute Gasteiger partial charge is 0.342 e. The number of esters is 1. The molecule has 1 aliphatic rings. The predicted octanol–water partition coefficient (Wildman–Crippen LogP) is 5.12. The Morgan fingerprint density at radius 3 is 2.50 bits per heavy atom. The fourth-order valence-corrected chi connectivity index (χ4v) is 4.86. The first kappa shape index (κ1) is 22.0. The summed E-state index contributed by atoms with van der Waals surface area (Å²) in [5, 5.41) is 14.6. The lowest BCUT2D eigenvalue weighted by atomic mass is 9.79. The largest absolute Gasteiger partial charge is 0.481 e. The third-order valence-corrected chi connectivity index (χ3v) is 6.22. The number of carboxylic acids is 1. The Kier molecular flexibility index (Phi) is 6.92. The lowest BCUT2D eigenvalue weighted by Gasteiger charge is -2.27. The number of thiophene rings is 1. The van der Waals surface area contributed by atoms with Gasteiger partial charge in [0.2, 0.25) is 5.91 Å². The Hall–Kier alpha value is -2.67. The average Bonchev–Trinajstić information content (AvgIpc) is 3.11. The van der Waals surface area contributed by atoms with Gasteiger partial charge in [0.25, 0.3) is 0 Å². The molecule has 7 heteroatoms. The molecule has 0 saturated heterocycles. The number of nitrogens with one attached hydrogen (secondary N) is 1. The van der Waals surface area contributed by atoms with Crippen molar-refractivity contribution in [2.24, 2.45) is 11.8 Å². The molecule has 1 aromatic carbocycles. The minimum Gasteiger partial charge on any atom is -0.481 e. The van der Waals surface area contributed by atoms with Crippen LogP contribution in [0.4, 0.5) is 5.00 Å². The number of carbonyl (C=O) groups excluding carboxylic acids is 2. The summed E-state index contributed by atoms with van der Waals surface area (Å²) in [6, 6.07) is 7.77. The summed E-state index contributed by atoms with van der Waals surface area (Å²) < 4.78 is 5.44. The molecule has 1 aliphatic carbocycles. The van der Waals surface area contributed by atoms with E-state index in [1.54, 1.807) is 13.8 Å². The van der Waals surface area contributed by atoms with E-state index in [-0.39, 0.29) is 12.0 Å². The van der Waals surface area contributed by atoms with Crippen LogP contribution in [-0.2, 0) is 14.3 Å². The standard InChI is InChI=1S/C23H27NO5S/c1-13(2)29-23(28)19-18(15-8-6-7-14(3)11-15)12-30-21(19)24-20(25)16-9-4-5-10-17(16)22(26)27/h6-8,11-13,16-17H,4-5,9-10H2,1-3H3,(H,24,25)(H,26,27)/t16-,17-/m0/s1. The Labute approximate surface area is 180 Å². The number of benzene rings is 1. The van der Waals surface area contributed by atoms with Gasteiger partial charge in [0.1, 0.15) is 10.6 Å². The zero-order valence-electron chi connectivity index (χ0n) is 17.4. The molecule has 160 valence electrons. The Balaban J connectivity index is 1.95. The number of aryl methyl sites for hydroxylation is 1. The van der Waals surface area contributed by atoms with Gasteiger partial charge in [-0.3, -0.25) is 9.59 Å². The van der Waals surface area contributed by atoms with Crippen LogP contribution in [0.1, 0.15) is 55.5 Å². The van der Waals surface area contributed by atoms with E-state index in [1.165, 1.54) is 11.3 Å². The molecule has 1 heterocycles. The topological polar surface area (TPSA) is 92.7 Å². The van der Waals surface area contributed by atoms with Gasteiger partial charge in [-0.25, -0.2) is 4.79 Å². The van der Waals surface area contributed by atoms with Gasteiger partial charge in [-0.15, -0.1) is 11.3 Å². The van der Waals surface area contributed by atoms with Crippen LogP contribution in [0.3, 0.4) is 0 Å². The van der Waals surface area contributed by atoms with Crippen molar-refractivity contribution in [3.8, 4) is 11.1 Å². The maximum absolute atomic E-state index is 13.0. The first-order chi connectivity index (χ1) is 14.3. The van der Waals surface area contributed by atoms with Crippen molar-refractivity contribution >= 4 is 34.2 Å². The molecular weight excluding hydrogens is 402 g/mol. The number of ether oxygens (including phenoxy) is 1. The highest BCUT2D eigenvalue weighted by molar-refractivity contribution is 7.15. The van der Waals surface area contributed by atoms with Crippen molar-refractivity contribution in [3.05, 3.63) is 40.8 Å². The Bertz CT molecular complexity index is 949. The minimum atomic E-state index is -0.944. The van der Waals surface area contributed by atoms with Crippen LogP contribution >= 0.6 is 11.3 Å². The molecule has 1 aromatic heterocycles. The van der Waals surface area contributed by atoms with Gasteiger partial charge in [-0.1, -0.05) is 42.7 Å². The van der Waals surface area contributed by atoms with Crippen molar-refractivity contribution in [1.29, 1.82) is 0 Å². The second-order valence-corrected chi connectivity index (χ2v) is 8.88. The molecule has 0 unspecified atom stereocenters. The summed E-state index contributed by atoms with van der Waals surface area (Å²) >= 11 is 1.25. The Morgan fingerprint density at radius 2 is 1.87 bits per heavy atom. The second kappa shape index (κ2) is 9.43. The number of aliphatic carboxylic acids is 1. The number of anilines is 1. The summed E-state index contributed by atoms with van der Waals surface area (Å²) in [6.45, 7) is 5.52.